The van der Waals surface area contributed by atoms with Gasteiger partial charge in [0.05, 0.1) is 16.0 Å². The molecule has 4 aromatic heterocycles. The fourth-order valence-electron chi connectivity index (χ4n) is 3.32. The van der Waals surface area contributed by atoms with Gasteiger partial charge in [-0.3, -0.25) is 4.98 Å². The molecule has 0 saturated carbocycles. The number of aromatic nitrogens is 4. The second-order valence-corrected chi connectivity index (χ2v) is 7.51. The molecule has 0 spiro atoms. The van der Waals surface area contributed by atoms with Gasteiger partial charge in [0.15, 0.2) is 5.65 Å². The molecule has 0 bridgehead atoms. The van der Waals surface area contributed by atoms with Crippen LogP contribution < -0.4 is 4.90 Å². The van der Waals surface area contributed by atoms with E-state index in [9.17, 15) is 4.39 Å². The Balaban J connectivity index is 1.51. The maximum atomic E-state index is 14.7. The molecule has 1 saturated heterocycles. The van der Waals surface area contributed by atoms with E-state index in [-0.39, 0.29) is 0 Å². The Morgan fingerprint density at radius 3 is 2.63 bits per heavy atom. The summed E-state index contributed by atoms with van der Waals surface area (Å²) in [5.41, 5.74) is 2.76. The number of halogens is 1. The zero-order chi connectivity index (χ0) is 18.2. The highest BCUT2D eigenvalue weighted by Crippen LogP contribution is 2.33. The van der Waals surface area contributed by atoms with Crippen molar-refractivity contribution in [1.82, 2.24) is 19.9 Å². The average molecular weight is 377 g/mol. The fourth-order valence-corrected chi connectivity index (χ4v) is 4.24. The minimum absolute atomic E-state index is 0.420. The van der Waals surface area contributed by atoms with Gasteiger partial charge < -0.3 is 4.90 Å². The molecule has 5 nitrogen and oxygen atoms in total. The van der Waals surface area contributed by atoms with Crippen LogP contribution >= 0.6 is 11.3 Å². The molecular weight excluding hydrogens is 361 g/mol. The lowest BCUT2D eigenvalue weighted by molar-refractivity contribution is 0.586. The van der Waals surface area contributed by atoms with E-state index in [1.54, 1.807) is 18.5 Å². The van der Waals surface area contributed by atoms with E-state index < -0.39 is 5.95 Å². The number of hydrogen-bond donors (Lipinski definition) is 0. The first-order valence-corrected chi connectivity index (χ1v) is 9.69. The Labute approximate surface area is 159 Å². The van der Waals surface area contributed by atoms with E-state index in [1.165, 1.54) is 11.3 Å². The van der Waals surface area contributed by atoms with Crippen molar-refractivity contribution in [3.8, 4) is 21.8 Å². The lowest BCUT2D eigenvalue weighted by Crippen LogP contribution is -2.19. The van der Waals surface area contributed by atoms with Gasteiger partial charge in [0.2, 0.25) is 5.95 Å². The number of rotatable bonds is 3. The highest BCUT2D eigenvalue weighted by Gasteiger charge is 2.18. The van der Waals surface area contributed by atoms with Gasteiger partial charge in [-0.05, 0) is 49.2 Å². The van der Waals surface area contributed by atoms with Crippen LogP contribution in [0.15, 0.2) is 48.8 Å². The van der Waals surface area contributed by atoms with E-state index in [2.05, 4.69) is 24.8 Å². The van der Waals surface area contributed by atoms with Crippen molar-refractivity contribution in [3.63, 3.8) is 0 Å². The van der Waals surface area contributed by atoms with Gasteiger partial charge in [-0.15, -0.1) is 11.3 Å². The molecule has 4 aromatic rings. The first-order chi connectivity index (χ1) is 13.3. The molecule has 27 heavy (non-hydrogen) atoms. The van der Waals surface area contributed by atoms with Gasteiger partial charge in [0, 0.05) is 31.0 Å². The topological polar surface area (TPSA) is 54.8 Å². The third-order valence-corrected chi connectivity index (χ3v) is 5.75. The van der Waals surface area contributed by atoms with Gasteiger partial charge >= 0.3 is 0 Å². The highest BCUT2D eigenvalue weighted by atomic mass is 32.1. The van der Waals surface area contributed by atoms with Crippen LogP contribution in [0, 0.1) is 5.95 Å². The molecule has 5 heterocycles. The highest BCUT2D eigenvalue weighted by molar-refractivity contribution is 7.21. The monoisotopic (exact) mass is 377 g/mol. The van der Waals surface area contributed by atoms with Crippen molar-refractivity contribution in [3.05, 3.63) is 54.7 Å². The molecule has 1 aliphatic rings. The number of pyridine rings is 3. The molecule has 7 heteroatoms. The minimum atomic E-state index is -0.481. The Bertz CT molecular complexity index is 1110. The van der Waals surface area contributed by atoms with Gasteiger partial charge in [-0.25, -0.2) is 15.0 Å². The van der Waals surface area contributed by atoms with E-state index in [0.717, 1.165) is 41.9 Å². The Kier molecular flexibility index (Phi) is 4.01. The van der Waals surface area contributed by atoms with Crippen LogP contribution in [0.3, 0.4) is 0 Å². The average Bonchev–Trinajstić information content (AvgIpc) is 3.38. The lowest BCUT2D eigenvalue weighted by Gasteiger charge is -2.16. The molecule has 0 aromatic carbocycles. The summed E-state index contributed by atoms with van der Waals surface area (Å²) in [6.07, 6.45) is 5.76. The summed E-state index contributed by atoms with van der Waals surface area (Å²) in [5, 5.41) is 0.596. The number of anilines is 1. The van der Waals surface area contributed by atoms with Crippen molar-refractivity contribution in [2.75, 3.05) is 18.0 Å². The van der Waals surface area contributed by atoms with Crippen LogP contribution in [-0.4, -0.2) is 33.0 Å². The van der Waals surface area contributed by atoms with Crippen LogP contribution in [0.2, 0.25) is 0 Å². The van der Waals surface area contributed by atoms with Crippen molar-refractivity contribution >= 4 is 27.5 Å². The molecular formula is C20H16FN5S. The van der Waals surface area contributed by atoms with Gasteiger partial charge in [0.1, 0.15) is 10.8 Å². The number of hydrogen-bond acceptors (Lipinski definition) is 6. The summed E-state index contributed by atoms with van der Waals surface area (Å²) in [5.74, 6) is 0.220. The molecule has 5 rings (SSSR count). The summed E-state index contributed by atoms with van der Waals surface area (Å²) in [6.45, 7) is 1.88. The summed E-state index contributed by atoms with van der Waals surface area (Å²) in [6, 6.07) is 11.4. The normalized spacial score (nSPS) is 14.2. The van der Waals surface area contributed by atoms with Crippen LogP contribution in [0.25, 0.3) is 32.2 Å². The molecule has 0 atom stereocenters. The van der Waals surface area contributed by atoms with Gasteiger partial charge in [-0.2, -0.15) is 4.39 Å². The molecule has 1 fully saturated rings. The Hall–Kier alpha value is -2.93. The van der Waals surface area contributed by atoms with Crippen LogP contribution in [0.1, 0.15) is 12.8 Å². The second-order valence-electron chi connectivity index (χ2n) is 6.48. The van der Waals surface area contributed by atoms with Crippen molar-refractivity contribution in [2.24, 2.45) is 0 Å². The van der Waals surface area contributed by atoms with Crippen molar-refractivity contribution in [1.29, 1.82) is 0 Å². The first-order valence-electron chi connectivity index (χ1n) is 8.88. The Morgan fingerprint density at radius 1 is 0.963 bits per heavy atom. The van der Waals surface area contributed by atoms with Crippen LogP contribution in [-0.2, 0) is 0 Å². The third-order valence-electron chi connectivity index (χ3n) is 4.71. The minimum Gasteiger partial charge on any atom is -0.357 e. The molecule has 134 valence electrons. The molecule has 0 unspecified atom stereocenters. The predicted octanol–water partition coefficient (Wildman–Crippen LogP) is 4.55. The third kappa shape index (κ3) is 3.04. The summed E-state index contributed by atoms with van der Waals surface area (Å²) < 4.78 is 15.6. The molecule has 0 aliphatic carbocycles. The van der Waals surface area contributed by atoms with Crippen LogP contribution in [0.4, 0.5) is 10.2 Å². The zero-order valence-electron chi connectivity index (χ0n) is 14.5. The van der Waals surface area contributed by atoms with Gasteiger partial charge in [-0.1, -0.05) is 0 Å². The second kappa shape index (κ2) is 6.66. The predicted molar refractivity (Wildman–Crippen MR) is 105 cm³/mol. The summed E-state index contributed by atoms with van der Waals surface area (Å²) in [4.78, 5) is 19.6. The molecule has 0 amide bonds. The molecule has 1 aliphatic heterocycles. The molecule has 0 radical (unpaired) electrons. The van der Waals surface area contributed by atoms with E-state index in [1.807, 2.05) is 30.3 Å². The SMILES string of the molecule is Fc1nc(N2CCCC2)ccc1-c1nc2nc(-c3cccnc3)ccc2s1. The fraction of sp³-hybridized carbons (Fsp3) is 0.200. The van der Waals surface area contributed by atoms with Crippen LogP contribution in [0.5, 0.6) is 0 Å². The largest absolute Gasteiger partial charge is 0.357 e. The standard InChI is InChI=1S/C20H16FN5S/c21-18-14(5-8-17(24-18)26-10-1-2-11-26)20-25-19-16(27-20)7-6-15(23-19)13-4-3-9-22-12-13/h3-9,12H,1-2,10-11H2. The number of fused-ring (bicyclic) bond motifs is 1. The number of thiazole rings is 1. The Morgan fingerprint density at radius 2 is 1.85 bits per heavy atom. The summed E-state index contributed by atoms with van der Waals surface area (Å²) >= 11 is 1.42. The van der Waals surface area contributed by atoms with Crippen molar-refractivity contribution < 1.29 is 4.39 Å². The maximum absolute atomic E-state index is 14.7. The van der Waals surface area contributed by atoms with Crippen molar-refractivity contribution in [2.45, 2.75) is 12.8 Å². The quantitative estimate of drug-likeness (QED) is 0.490. The van der Waals surface area contributed by atoms with E-state index in [0.29, 0.717) is 22.0 Å². The van der Waals surface area contributed by atoms with E-state index >= 15 is 0 Å². The van der Waals surface area contributed by atoms with Gasteiger partial charge in [0.25, 0.3) is 0 Å². The zero-order valence-corrected chi connectivity index (χ0v) is 15.3. The smallest absolute Gasteiger partial charge is 0.225 e. The molecule has 0 N–H and O–H groups in total. The number of nitrogens with zero attached hydrogens (tertiary/aromatic N) is 5. The first kappa shape index (κ1) is 16.3. The maximum Gasteiger partial charge on any atom is 0.225 e. The van der Waals surface area contributed by atoms with E-state index in [4.69, 9.17) is 0 Å². The lowest BCUT2D eigenvalue weighted by atomic mass is 10.2. The summed E-state index contributed by atoms with van der Waals surface area (Å²) in [7, 11) is 0.